The Kier molecular flexibility index (Phi) is 5.00. The summed E-state index contributed by atoms with van der Waals surface area (Å²) in [6, 6.07) is 4.74. The van der Waals surface area contributed by atoms with Gasteiger partial charge in [0.05, 0.1) is 4.88 Å². The molecule has 3 rings (SSSR count). The van der Waals surface area contributed by atoms with Crippen molar-refractivity contribution in [3.63, 3.8) is 0 Å². The van der Waals surface area contributed by atoms with E-state index in [0.29, 0.717) is 11.9 Å². The first kappa shape index (κ1) is 14.7. The molecule has 1 aliphatic heterocycles. The quantitative estimate of drug-likeness (QED) is 0.811. The summed E-state index contributed by atoms with van der Waals surface area (Å²) in [6.07, 6.45) is 3.14. The van der Waals surface area contributed by atoms with E-state index in [1.54, 1.807) is 11.3 Å². The smallest absolute Gasteiger partial charge is 0.227 e. The van der Waals surface area contributed by atoms with Crippen molar-refractivity contribution in [3.05, 3.63) is 23.4 Å². The van der Waals surface area contributed by atoms with Crippen molar-refractivity contribution in [1.29, 1.82) is 0 Å². The Bertz CT molecular complexity index is 536. The summed E-state index contributed by atoms with van der Waals surface area (Å²) in [5, 5.41) is 9.43. The van der Waals surface area contributed by atoms with Crippen molar-refractivity contribution in [2.24, 2.45) is 0 Å². The second kappa shape index (κ2) is 7.15. The standard InChI is InChI=1S/C15H22N4OS/c1-2-7-19(12-10-16-11-12)8-3-6-14-17-15(18-20-14)13-5-4-9-21-13/h4-5,9,12,16H,2-3,6-8,10-11H2,1H3. The van der Waals surface area contributed by atoms with E-state index in [1.807, 2.05) is 17.5 Å². The van der Waals surface area contributed by atoms with Gasteiger partial charge < -0.3 is 9.84 Å². The Hall–Kier alpha value is -1.24. The Morgan fingerprint density at radius 3 is 3.00 bits per heavy atom. The Morgan fingerprint density at radius 2 is 2.33 bits per heavy atom. The van der Waals surface area contributed by atoms with Crippen molar-refractivity contribution < 1.29 is 4.52 Å². The van der Waals surface area contributed by atoms with E-state index in [1.165, 1.54) is 13.0 Å². The van der Waals surface area contributed by atoms with Gasteiger partial charge in [-0.15, -0.1) is 11.3 Å². The molecule has 6 heteroatoms. The highest BCUT2D eigenvalue weighted by atomic mass is 32.1. The van der Waals surface area contributed by atoms with Gasteiger partial charge in [0.15, 0.2) is 0 Å². The summed E-state index contributed by atoms with van der Waals surface area (Å²) in [4.78, 5) is 8.12. The molecule has 0 radical (unpaired) electrons. The molecule has 1 N–H and O–H groups in total. The van der Waals surface area contributed by atoms with E-state index >= 15 is 0 Å². The van der Waals surface area contributed by atoms with Gasteiger partial charge in [-0.1, -0.05) is 18.1 Å². The molecular weight excluding hydrogens is 284 g/mol. The number of aromatic nitrogens is 2. The monoisotopic (exact) mass is 306 g/mol. The predicted octanol–water partition coefficient (Wildman–Crippen LogP) is 2.41. The predicted molar refractivity (Wildman–Crippen MR) is 84.5 cm³/mol. The van der Waals surface area contributed by atoms with Crippen LogP contribution in [0.4, 0.5) is 0 Å². The van der Waals surface area contributed by atoms with Crippen LogP contribution in [0.5, 0.6) is 0 Å². The average Bonchev–Trinajstić information content (AvgIpc) is 3.07. The molecule has 0 atom stereocenters. The third kappa shape index (κ3) is 3.70. The number of hydrogen-bond donors (Lipinski definition) is 1. The van der Waals surface area contributed by atoms with Crippen molar-refractivity contribution in [2.75, 3.05) is 26.2 Å². The molecule has 3 heterocycles. The van der Waals surface area contributed by atoms with Crippen LogP contribution in [0.25, 0.3) is 10.7 Å². The maximum Gasteiger partial charge on any atom is 0.227 e. The summed E-state index contributed by atoms with van der Waals surface area (Å²) < 4.78 is 5.35. The van der Waals surface area contributed by atoms with Crippen LogP contribution < -0.4 is 5.32 Å². The fourth-order valence-corrected chi connectivity index (χ4v) is 3.24. The molecule has 0 amide bonds. The van der Waals surface area contributed by atoms with E-state index in [0.717, 1.165) is 43.2 Å². The van der Waals surface area contributed by atoms with E-state index in [2.05, 4.69) is 27.3 Å². The number of aryl methyl sites for hydroxylation is 1. The van der Waals surface area contributed by atoms with Gasteiger partial charge in [-0.25, -0.2) is 0 Å². The lowest BCUT2D eigenvalue weighted by atomic mass is 10.1. The summed E-state index contributed by atoms with van der Waals surface area (Å²) in [5.74, 6) is 1.47. The second-order valence-electron chi connectivity index (χ2n) is 5.44. The molecule has 1 saturated heterocycles. The highest BCUT2D eigenvalue weighted by Crippen LogP contribution is 2.21. The highest BCUT2D eigenvalue weighted by molar-refractivity contribution is 7.13. The van der Waals surface area contributed by atoms with Gasteiger partial charge in [-0.3, -0.25) is 4.90 Å². The van der Waals surface area contributed by atoms with Crippen molar-refractivity contribution in [2.45, 2.75) is 32.2 Å². The zero-order valence-corrected chi connectivity index (χ0v) is 13.2. The molecule has 0 bridgehead atoms. The molecule has 2 aromatic rings. The lowest BCUT2D eigenvalue weighted by molar-refractivity contribution is 0.143. The summed E-state index contributed by atoms with van der Waals surface area (Å²) in [6.45, 7) is 6.78. The average molecular weight is 306 g/mol. The topological polar surface area (TPSA) is 54.2 Å². The van der Waals surface area contributed by atoms with Crippen LogP contribution in [0.1, 0.15) is 25.7 Å². The molecule has 5 nitrogen and oxygen atoms in total. The molecule has 0 unspecified atom stereocenters. The van der Waals surface area contributed by atoms with Gasteiger partial charge in [0.1, 0.15) is 0 Å². The van der Waals surface area contributed by atoms with Gasteiger partial charge in [-0.05, 0) is 37.4 Å². The van der Waals surface area contributed by atoms with E-state index in [4.69, 9.17) is 4.52 Å². The fourth-order valence-electron chi connectivity index (χ4n) is 2.59. The third-order valence-electron chi connectivity index (χ3n) is 3.83. The molecular formula is C15H22N4OS. The minimum absolute atomic E-state index is 0.716. The number of hydrogen-bond acceptors (Lipinski definition) is 6. The third-order valence-corrected chi connectivity index (χ3v) is 4.70. The first-order chi connectivity index (χ1) is 10.4. The molecule has 0 aliphatic carbocycles. The molecule has 2 aromatic heterocycles. The van der Waals surface area contributed by atoms with Crippen LogP contribution in [0.3, 0.4) is 0 Å². The van der Waals surface area contributed by atoms with Crippen molar-refractivity contribution in [1.82, 2.24) is 20.4 Å². The maximum absolute atomic E-state index is 5.35. The first-order valence-electron chi connectivity index (χ1n) is 7.68. The Labute approximate surface area is 129 Å². The lowest BCUT2D eigenvalue weighted by Crippen LogP contribution is -2.57. The van der Waals surface area contributed by atoms with Crippen LogP contribution in [-0.2, 0) is 6.42 Å². The SMILES string of the molecule is CCCN(CCCc1nc(-c2cccs2)no1)C1CNC1. The fraction of sp³-hybridized carbons (Fsp3) is 0.600. The zero-order valence-electron chi connectivity index (χ0n) is 12.4. The van der Waals surface area contributed by atoms with Crippen LogP contribution in [0, 0.1) is 0 Å². The summed E-state index contributed by atoms with van der Waals surface area (Å²) in [5.41, 5.74) is 0. The van der Waals surface area contributed by atoms with Crippen LogP contribution >= 0.6 is 11.3 Å². The number of nitrogens with one attached hydrogen (secondary N) is 1. The minimum atomic E-state index is 0.716. The molecule has 0 saturated carbocycles. The normalized spacial score (nSPS) is 15.5. The summed E-state index contributed by atoms with van der Waals surface area (Å²) >= 11 is 1.64. The van der Waals surface area contributed by atoms with E-state index in [9.17, 15) is 0 Å². The van der Waals surface area contributed by atoms with Crippen LogP contribution in [0.15, 0.2) is 22.0 Å². The number of nitrogens with zero attached hydrogens (tertiary/aromatic N) is 3. The molecule has 21 heavy (non-hydrogen) atoms. The van der Waals surface area contributed by atoms with Crippen LogP contribution in [0.2, 0.25) is 0 Å². The van der Waals surface area contributed by atoms with Gasteiger partial charge in [0, 0.05) is 25.6 Å². The van der Waals surface area contributed by atoms with Gasteiger partial charge in [0.2, 0.25) is 11.7 Å². The first-order valence-corrected chi connectivity index (χ1v) is 8.56. The second-order valence-corrected chi connectivity index (χ2v) is 6.39. The lowest BCUT2D eigenvalue weighted by Gasteiger charge is -2.38. The molecule has 1 fully saturated rings. The molecule has 1 aliphatic rings. The Morgan fingerprint density at radius 1 is 1.43 bits per heavy atom. The zero-order chi connectivity index (χ0) is 14.5. The molecule has 0 aromatic carbocycles. The number of thiophene rings is 1. The summed E-state index contributed by atoms with van der Waals surface area (Å²) in [7, 11) is 0. The largest absolute Gasteiger partial charge is 0.339 e. The van der Waals surface area contributed by atoms with Gasteiger partial charge >= 0.3 is 0 Å². The van der Waals surface area contributed by atoms with Crippen molar-refractivity contribution >= 4 is 11.3 Å². The Balaban J connectivity index is 1.48. The minimum Gasteiger partial charge on any atom is -0.339 e. The van der Waals surface area contributed by atoms with Crippen molar-refractivity contribution in [3.8, 4) is 10.7 Å². The van der Waals surface area contributed by atoms with E-state index < -0.39 is 0 Å². The molecule has 114 valence electrons. The van der Waals surface area contributed by atoms with E-state index in [-0.39, 0.29) is 0 Å². The van der Waals surface area contributed by atoms with Gasteiger partial charge in [0.25, 0.3) is 0 Å². The number of rotatable bonds is 8. The van der Waals surface area contributed by atoms with Gasteiger partial charge in [-0.2, -0.15) is 4.98 Å². The van der Waals surface area contributed by atoms with Crippen LogP contribution in [-0.4, -0.2) is 47.3 Å². The highest BCUT2D eigenvalue weighted by Gasteiger charge is 2.23. The maximum atomic E-state index is 5.35. The molecule has 0 spiro atoms.